The second kappa shape index (κ2) is 4.92. The van der Waals surface area contributed by atoms with Gasteiger partial charge in [0.05, 0.1) is 5.56 Å². The average molecular weight is 285 g/mol. The van der Waals surface area contributed by atoms with Crippen LogP contribution in [0.4, 0.5) is 17.6 Å². The summed E-state index contributed by atoms with van der Waals surface area (Å²) >= 11 is 0. The lowest BCUT2D eigenvalue weighted by atomic mass is 10.0. The molecule has 0 amide bonds. The van der Waals surface area contributed by atoms with Crippen molar-refractivity contribution in [2.75, 3.05) is 0 Å². The Balaban J connectivity index is 2.67. The molecule has 0 aliphatic rings. The summed E-state index contributed by atoms with van der Waals surface area (Å²) < 4.78 is 51.0. The number of pyridine rings is 1. The Kier molecular flexibility index (Phi) is 3.44. The van der Waals surface area contributed by atoms with Gasteiger partial charge in [0.25, 0.3) is 0 Å². The quantitative estimate of drug-likeness (QED) is 0.858. The summed E-state index contributed by atoms with van der Waals surface area (Å²) in [6, 6.07) is 5.27. The van der Waals surface area contributed by atoms with Gasteiger partial charge in [-0.05, 0) is 29.3 Å². The van der Waals surface area contributed by atoms with E-state index in [4.69, 9.17) is 5.11 Å². The fraction of sp³-hybridized carbons (Fsp3) is 0.0769. The molecule has 2 rings (SSSR count). The molecule has 3 nitrogen and oxygen atoms in total. The van der Waals surface area contributed by atoms with E-state index in [1.807, 2.05) is 0 Å². The zero-order valence-electron chi connectivity index (χ0n) is 9.78. The lowest BCUT2D eigenvalue weighted by Gasteiger charge is -2.10. The van der Waals surface area contributed by atoms with Crippen LogP contribution in [0.25, 0.3) is 11.1 Å². The molecular formula is C13H7F4NO2. The number of aromatic carboxylic acids is 1. The minimum Gasteiger partial charge on any atom is -0.478 e. The third-order valence-electron chi connectivity index (χ3n) is 2.56. The number of hydrogen-bond donors (Lipinski definition) is 1. The topological polar surface area (TPSA) is 50.2 Å². The van der Waals surface area contributed by atoms with Gasteiger partial charge in [-0.2, -0.15) is 13.2 Å². The standard InChI is InChI=1S/C13H7F4NO2/c14-8-3-1-2-7(4-8)9-5-11(13(15,16)17)18-6-10(9)12(19)20/h1-6H,(H,19,20). The largest absolute Gasteiger partial charge is 0.478 e. The first-order valence-corrected chi connectivity index (χ1v) is 5.35. The van der Waals surface area contributed by atoms with Gasteiger partial charge in [0.2, 0.25) is 0 Å². The maximum Gasteiger partial charge on any atom is 0.433 e. The van der Waals surface area contributed by atoms with E-state index < -0.39 is 29.2 Å². The molecule has 0 bridgehead atoms. The molecule has 7 heteroatoms. The van der Waals surface area contributed by atoms with Crippen LogP contribution in [0.5, 0.6) is 0 Å². The third-order valence-corrected chi connectivity index (χ3v) is 2.56. The minimum absolute atomic E-state index is 0.0373. The van der Waals surface area contributed by atoms with Crippen molar-refractivity contribution in [3.8, 4) is 11.1 Å². The van der Waals surface area contributed by atoms with Gasteiger partial charge in [-0.25, -0.2) is 9.18 Å². The molecule has 0 aliphatic carbocycles. The Morgan fingerprint density at radius 1 is 1.20 bits per heavy atom. The second-order valence-electron chi connectivity index (χ2n) is 3.93. The fourth-order valence-corrected chi connectivity index (χ4v) is 1.68. The number of benzene rings is 1. The van der Waals surface area contributed by atoms with Gasteiger partial charge in [-0.3, -0.25) is 4.98 Å². The molecule has 0 unspecified atom stereocenters. The van der Waals surface area contributed by atoms with E-state index in [1.54, 1.807) is 0 Å². The first kappa shape index (κ1) is 14.0. The zero-order chi connectivity index (χ0) is 14.9. The highest BCUT2D eigenvalue weighted by Gasteiger charge is 2.33. The molecule has 0 radical (unpaired) electrons. The fourth-order valence-electron chi connectivity index (χ4n) is 1.68. The molecule has 0 saturated heterocycles. The predicted molar refractivity (Wildman–Crippen MR) is 61.6 cm³/mol. The van der Waals surface area contributed by atoms with Crippen LogP contribution in [-0.4, -0.2) is 16.1 Å². The van der Waals surface area contributed by atoms with Crippen molar-refractivity contribution < 1.29 is 27.5 Å². The van der Waals surface area contributed by atoms with Crippen molar-refractivity contribution in [1.82, 2.24) is 4.98 Å². The van der Waals surface area contributed by atoms with Crippen molar-refractivity contribution in [2.45, 2.75) is 6.18 Å². The van der Waals surface area contributed by atoms with Crippen molar-refractivity contribution in [3.05, 3.63) is 53.6 Å². The molecule has 2 aromatic rings. The van der Waals surface area contributed by atoms with Gasteiger partial charge in [0.15, 0.2) is 0 Å². The predicted octanol–water partition coefficient (Wildman–Crippen LogP) is 3.60. The first-order valence-electron chi connectivity index (χ1n) is 5.35. The summed E-state index contributed by atoms with van der Waals surface area (Å²) in [7, 11) is 0. The number of alkyl halides is 3. The van der Waals surface area contributed by atoms with E-state index in [-0.39, 0.29) is 11.1 Å². The molecule has 1 aromatic heterocycles. The smallest absolute Gasteiger partial charge is 0.433 e. The molecule has 20 heavy (non-hydrogen) atoms. The average Bonchev–Trinajstić information content (AvgIpc) is 2.37. The zero-order valence-corrected chi connectivity index (χ0v) is 9.78. The first-order chi connectivity index (χ1) is 9.29. The van der Waals surface area contributed by atoms with Crippen LogP contribution < -0.4 is 0 Å². The number of carboxylic acid groups (broad SMARTS) is 1. The van der Waals surface area contributed by atoms with Crippen LogP contribution in [0.1, 0.15) is 16.1 Å². The van der Waals surface area contributed by atoms with E-state index in [2.05, 4.69) is 4.98 Å². The molecule has 1 N–H and O–H groups in total. The highest BCUT2D eigenvalue weighted by Crippen LogP contribution is 2.32. The van der Waals surface area contributed by atoms with Gasteiger partial charge in [0.1, 0.15) is 11.5 Å². The SMILES string of the molecule is O=C(O)c1cnc(C(F)(F)F)cc1-c1cccc(F)c1. The summed E-state index contributed by atoms with van der Waals surface area (Å²) in [6.45, 7) is 0. The molecule has 0 fully saturated rings. The van der Waals surface area contributed by atoms with Crippen molar-refractivity contribution in [2.24, 2.45) is 0 Å². The molecule has 0 aliphatic heterocycles. The van der Waals surface area contributed by atoms with Crippen LogP contribution in [0.15, 0.2) is 36.5 Å². The van der Waals surface area contributed by atoms with Crippen LogP contribution in [0, 0.1) is 5.82 Å². The van der Waals surface area contributed by atoms with Gasteiger partial charge >= 0.3 is 12.1 Å². The number of hydrogen-bond acceptors (Lipinski definition) is 2. The molecule has 1 heterocycles. The number of rotatable bonds is 2. The molecular weight excluding hydrogens is 278 g/mol. The van der Waals surface area contributed by atoms with Crippen LogP contribution >= 0.6 is 0 Å². The highest BCUT2D eigenvalue weighted by molar-refractivity contribution is 5.95. The third kappa shape index (κ3) is 2.76. The minimum atomic E-state index is -4.71. The normalized spacial score (nSPS) is 11.4. The number of nitrogens with zero attached hydrogens (tertiary/aromatic N) is 1. The van der Waals surface area contributed by atoms with E-state index in [0.717, 1.165) is 12.1 Å². The van der Waals surface area contributed by atoms with Gasteiger partial charge in [-0.15, -0.1) is 0 Å². The molecule has 0 spiro atoms. The summed E-state index contributed by atoms with van der Waals surface area (Å²) in [4.78, 5) is 14.1. The second-order valence-corrected chi connectivity index (χ2v) is 3.93. The highest BCUT2D eigenvalue weighted by atomic mass is 19.4. The van der Waals surface area contributed by atoms with Crippen molar-refractivity contribution >= 4 is 5.97 Å². The van der Waals surface area contributed by atoms with Crippen LogP contribution in [0.3, 0.4) is 0 Å². The number of aromatic nitrogens is 1. The Morgan fingerprint density at radius 2 is 1.90 bits per heavy atom. The molecule has 0 saturated carbocycles. The Bertz CT molecular complexity index is 668. The van der Waals surface area contributed by atoms with Crippen LogP contribution in [0.2, 0.25) is 0 Å². The van der Waals surface area contributed by atoms with Crippen molar-refractivity contribution in [3.63, 3.8) is 0 Å². The summed E-state index contributed by atoms with van der Waals surface area (Å²) in [6.07, 6.45) is -4.09. The summed E-state index contributed by atoms with van der Waals surface area (Å²) in [5, 5.41) is 8.97. The summed E-state index contributed by atoms with van der Waals surface area (Å²) in [5.41, 5.74) is -1.86. The molecule has 0 atom stereocenters. The Labute approximate surface area is 110 Å². The Morgan fingerprint density at radius 3 is 2.45 bits per heavy atom. The van der Waals surface area contributed by atoms with Crippen LogP contribution in [-0.2, 0) is 6.18 Å². The maximum atomic E-state index is 13.1. The lowest BCUT2D eigenvalue weighted by Crippen LogP contribution is -2.10. The van der Waals surface area contributed by atoms with Gasteiger partial charge in [-0.1, -0.05) is 12.1 Å². The van der Waals surface area contributed by atoms with Gasteiger partial charge in [0, 0.05) is 6.20 Å². The number of halogens is 4. The van der Waals surface area contributed by atoms with E-state index >= 15 is 0 Å². The monoisotopic (exact) mass is 285 g/mol. The molecule has 1 aromatic carbocycles. The van der Waals surface area contributed by atoms with E-state index in [1.165, 1.54) is 12.1 Å². The van der Waals surface area contributed by atoms with Crippen molar-refractivity contribution in [1.29, 1.82) is 0 Å². The maximum absolute atomic E-state index is 13.1. The number of carboxylic acids is 1. The lowest BCUT2D eigenvalue weighted by molar-refractivity contribution is -0.141. The Hall–Kier alpha value is -2.44. The van der Waals surface area contributed by atoms with Gasteiger partial charge < -0.3 is 5.11 Å². The van der Waals surface area contributed by atoms with E-state index in [0.29, 0.717) is 12.3 Å². The van der Waals surface area contributed by atoms with E-state index in [9.17, 15) is 22.4 Å². The molecule has 104 valence electrons. The summed E-state index contributed by atoms with van der Waals surface area (Å²) in [5.74, 6) is -2.12. The number of carbonyl (C=O) groups is 1.